The van der Waals surface area contributed by atoms with Gasteiger partial charge in [-0.2, -0.15) is 11.1 Å². The summed E-state index contributed by atoms with van der Waals surface area (Å²) in [6.07, 6.45) is 0. The van der Waals surface area contributed by atoms with E-state index in [2.05, 4.69) is 57.0 Å². The molecule has 0 aromatic heterocycles. The first-order valence-corrected chi connectivity index (χ1v) is 12.5. The van der Waals surface area contributed by atoms with E-state index in [9.17, 15) is 0 Å². The molecule has 0 saturated carbocycles. The fraction of sp³-hybridized carbons (Fsp3) is 0.455. The lowest BCUT2D eigenvalue weighted by Crippen LogP contribution is -2.41. The van der Waals surface area contributed by atoms with Crippen LogP contribution in [0.15, 0.2) is 24.3 Å². The van der Waals surface area contributed by atoms with Crippen LogP contribution in [0.25, 0.3) is 0 Å². The molecule has 0 amide bonds. The largest absolute Gasteiger partial charge is 0.180 e. The number of benzene rings is 1. The van der Waals surface area contributed by atoms with Crippen molar-refractivity contribution in [3.63, 3.8) is 0 Å². The van der Waals surface area contributed by atoms with Crippen molar-refractivity contribution in [1.29, 1.82) is 0 Å². The van der Waals surface area contributed by atoms with E-state index in [1.807, 2.05) is 0 Å². The first-order valence-electron chi connectivity index (χ1n) is 5.01. The van der Waals surface area contributed by atoms with Gasteiger partial charge in [-0.1, -0.05) is 62.2 Å². The second-order valence-corrected chi connectivity index (χ2v) is 16.7. The zero-order valence-corrected chi connectivity index (χ0v) is 12.4. The molecule has 0 bridgehead atoms. The highest BCUT2D eigenvalue weighted by Gasteiger charge is 2.21. The van der Waals surface area contributed by atoms with Crippen molar-refractivity contribution in [1.82, 2.24) is 0 Å². The number of halogens is 1. The van der Waals surface area contributed by atoms with Gasteiger partial charge in [0.05, 0.1) is 8.07 Å². The summed E-state index contributed by atoms with van der Waals surface area (Å²) in [7, 11) is -2.77. The summed E-state index contributed by atoms with van der Waals surface area (Å²) < 4.78 is 0. The minimum Gasteiger partial charge on any atom is -0.162 e. The molecular formula is C11H19ClSi2. The summed E-state index contributed by atoms with van der Waals surface area (Å²) in [5.41, 5.74) is 0. The molecule has 0 saturated heterocycles. The molecule has 0 aliphatic carbocycles. The first kappa shape index (κ1) is 12.0. The van der Waals surface area contributed by atoms with Gasteiger partial charge in [0, 0.05) is 0 Å². The van der Waals surface area contributed by atoms with Crippen molar-refractivity contribution in [2.75, 3.05) is 0 Å². The van der Waals surface area contributed by atoms with E-state index in [0.717, 1.165) is 0 Å². The van der Waals surface area contributed by atoms with Gasteiger partial charge in [-0.05, 0) is 5.19 Å². The molecule has 0 N–H and O–H groups in total. The summed E-state index contributed by atoms with van der Waals surface area (Å²) in [5, 5.41) is 2.84. The maximum atomic E-state index is 6.38. The highest BCUT2D eigenvalue weighted by molar-refractivity contribution is 7.26. The van der Waals surface area contributed by atoms with E-state index in [-0.39, 0.29) is 0 Å². The molecule has 1 rings (SSSR count). The Kier molecular flexibility index (Phi) is 3.29. The second kappa shape index (κ2) is 3.83. The van der Waals surface area contributed by atoms with Gasteiger partial charge in [0.1, 0.15) is 0 Å². The van der Waals surface area contributed by atoms with Crippen LogP contribution < -0.4 is 10.4 Å². The van der Waals surface area contributed by atoms with Gasteiger partial charge in [0.2, 0.25) is 0 Å². The first-order chi connectivity index (χ1) is 6.21. The van der Waals surface area contributed by atoms with Gasteiger partial charge < -0.3 is 0 Å². The quantitative estimate of drug-likeness (QED) is 0.553. The summed E-state index contributed by atoms with van der Waals surface area (Å²) >= 11 is 6.38. The molecule has 0 aliphatic heterocycles. The van der Waals surface area contributed by atoms with Gasteiger partial charge in [-0.3, -0.25) is 0 Å². The molecule has 0 spiro atoms. The molecule has 0 fully saturated rings. The SMILES string of the molecule is C[Si](C)(C)c1ccc([Si](C)(C)Cl)cc1. The summed E-state index contributed by atoms with van der Waals surface area (Å²) in [4.78, 5) is 0. The molecule has 14 heavy (non-hydrogen) atoms. The predicted octanol–water partition coefficient (Wildman–Crippen LogP) is 2.88. The van der Waals surface area contributed by atoms with Crippen LogP contribution in [0.4, 0.5) is 0 Å². The van der Waals surface area contributed by atoms with E-state index in [1.54, 1.807) is 0 Å². The Balaban J connectivity index is 3.02. The fourth-order valence-electron chi connectivity index (χ4n) is 1.37. The van der Waals surface area contributed by atoms with Crippen LogP contribution in [-0.4, -0.2) is 15.5 Å². The smallest absolute Gasteiger partial charge is 0.162 e. The summed E-state index contributed by atoms with van der Waals surface area (Å²) in [5.74, 6) is 0. The lowest BCUT2D eigenvalue weighted by atomic mass is 10.4. The van der Waals surface area contributed by atoms with Crippen LogP contribution in [0, 0.1) is 0 Å². The maximum absolute atomic E-state index is 6.38. The van der Waals surface area contributed by atoms with Gasteiger partial charge >= 0.3 is 0 Å². The Bertz CT molecular complexity index is 271. The Morgan fingerprint density at radius 3 is 1.43 bits per heavy atom. The van der Waals surface area contributed by atoms with Crippen LogP contribution in [0.1, 0.15) is 0 Å². The van der Waals surface area contributed by atoms with Crippen molar-refractivity contribution in [3.05, 3.63) is 24.3 Å². The monoisotopic (exact) mass is 242 g/mol. The standard InChI is InChI=1S/C11H19ClSi2/c1-13(2,3)10-6-8-11(9-7-10)14(4,5)12/h6-9H,1-5H3. The van der Waals surface area contributed by atoms with Crippen LogP contribution in [-0.2, 0) is 0 Å². The molecule has 1 aromatic carbocycles. The summed E-state index contributed by atoms with van der Waals surface area (Å²) in [6.45, 7) is 11.4. The number of hydrogen-bond acceptors (Lipinski definition) is 0. The highest BCUT2D eigenvalue weighted by atomic mass is 35.6. The Morgan fingerprint density at radius 1 is 0.786 bits per heavy atom. The predicted molar refractivity (Wildman–Crippen MR) is 72.4 cm³/mol. The minimum absolute atomic E-state index is 1.14. The molecule has 0 atom stereocenters. The Hall–Kier alpha value is -0.0562. The van der Waals surface area contributed by atoms with Crippen LogP contribution in [0.3, 0.4) is 0 Å². The van der Waals surface area contributed by atoms with E-state index in [1.165, 1.54) is 10.4 Å². The third kappa shape index (κ3) is 2.97. The zero-order chi connectivity index (χ0) is 11.0. The van der Waals surface area contributed by atoms with Gasteiger partial charge in [-0.15, -0.1) is 0 Å². The van der Waals surface area contributed by atoms with Crippen LogP contribution in [0.2, 0.25) is 32.7 Å². The third-order valence-electron chi connectivity index (χ3n) is 2.44. The molecule has 0 heterocycles. The maximum Gasteiger partial charge on any atom is 0.180 e. The van der Waals surface area contributed by atoms with Crippen molar-refractivity contribution in [2.45, 2.75) is 32.7 Å². The highest BCUT2D eigenvalue weighted by Crippen LogP contribution is 2.08. The minimum atomic E-state index is -1.63. The molecule has 0 unspecified atom stereocenters. The molecule has 3 heteroatoms. The fourth-order valence-corrected chi connectivity index (χ4v) is 3.87. The molecule has 0 radical (unpaired) electrons. The average molecular weight is 243 g/mol. The Labute approximate surface area is 94.0 Å². The Morgan fingerprint density at radius 2 is 1.14 bits per heavy atom. The summed E-state index contributed by atoms with van der Waals surface area (Å²) in [6, 6.07) is 8.96. The zero-order valence-electron chi connectivity index (χ0n) is 9.69. The third-order valence-corrected chi connectivity index (χ3v) is 6.86. The lowest BCUT2D eigenvalue weighted by molar-refractivity contribution is 1.69. The second-order valence-electron chi connectivity index (χ2n) is 5.30. The molecular weight excluding hydrogens is 224 g/mol. The molecule has 0 nitrogen and oxygen atoms in total. The van der Waals surface area contributed by atoms with E-state index in [0.29, 0.717) is 0 Å². The van der Waals surface area contributed by atoms with Gasteiger partial charge in [-0.25, -0.2) is 0 Å². The van der Waals surface area contributed by atoms with Gasteiger partial charge in [0.15, 0.2) is 7.38 Å². The van der Waals surface area contributed by atoms with Crippen molar-refractivity contribution in [3.8, 4) is 0 Å². The van der Waals surface area contributed by atoms with Gasteiger partial charge in [0.25, 0.3) is 0 Å². The van der Waals surface area contributed by atoms with Crippen molar-refractivity contribution in [2.24, 2.45) is 0 Å². The molecule has 0 aliphatic rings. The molecule has 1 aromatic rings. The normalized spacial score (nSPS) is 13.0. The lowest BCUT2D eigenvalue weighted by Gasteiger charge is -2.19. The van der Waals surface area contributed by atoms with Crippen LogP contribution in [0.5, 0.6) is 0 Å². The topological polar surface area (TPSA) is 0 Å². The van der Waals surface area contributed by atoms with E-state index >= 15 is 0 Å². The number of hydrogen-bond donors (Lipinski definition) is 0. The van der Waals surface area contributed by atoms with Crippen LogP contribution >= 0.6 is 11.1 Å². The van der Waals surface area contributed by atoms with E-state index < -0.39 is 15.5 Å². The molecule has 78 valence electrons. The van der Waals surface area contributed by atoms with Crippen molar-refractivity contribution < 1.29 is 0 Å². The number of rotatable bonds is 2. The van der Waals surface area contributed by atoms with Crippen molar-refractivity contribution >= 4 is 36.9 Å². The average Bonchev–Trinajstić information content (AvgIpc) is 2.01. The van der Waals surface area contributed by atoms with E-state index in [4.69, 9.17) is 11.1 Å².